The Morgan fingerprint density at radius 3 is 2.69 bits per heavy atom. The SMILES string of the molecule is CC(CN)c1noc(-c2ccc(F)cc2)n1. The molecule has 84 valence electrons. The van der Waals surface area contributed by atoms with E-state index in [0.29, 0.717) is 23.8 Å². The van der Waals surface area contributed by atoms with Crippen LogP contribution < -0.4 is 5.73 Å². The van der Waals surface area contributed by atoms with Gasteiger partial charge in [-0.2, -0.15) is 4.98 Å². The van der Waals surface area contributed by atoms with Crippen LogP contribution in [0.25, 0.3) is 11.5 Å². The van der Waals surface area contributed by atoms with E-state index in [0.717, 1.165) is 0 Å². The minimum absolute atomic E-state index is 0.0537. The molecule has 0 saturated carbocycles. The molecule has 0 fully saturated rings. The highest BCUT2D eigenvalue weighted by Gasteiger charge is 2.13. The maximum absolute atomic E-state index is 12.7. The van der Waals surface area contributed by atoms with Gasteiger partial charge in [0.05, 0.1) is 0 Å². The van der Waals surface area contributed by atoms with Gasteiger partial charge in [-0.25, -0.2) is 4.39 Å². The van der Waals surface area contributed by atoms with Gasteiger partial charge in [0.15, 0.2) is 5.82 Å². The third-order valence-electron chi connectivity index (χ3n) is 2.33. The Kier molecular flexibility index (Phi) is 2.96. The van der Waals surface area contributed by atoms with Crippen LogP contribution in [0, 0.1) is 5.82 Å². The molecule has 0 bridgehead atoms. The van der Waals surface area contributed by atoms with Crippen molar-refractivity contribution in [2.45, 2.75) is 12.8 Å². The molecule has 2 aromatic rings. The molecule has 0 aliphatic rings. The van der Waals surface area contributed by atoms with Crippen molar-refractivity contribution < 1.29 is 8.91 Å². The number of hydrogen-bond acceptors (Lipinski definition) is 4. The van der Waals surface area contributed by atoms with E-state index in [-0.39, 0.29) is 11.7 Å². The molecule has 16 heavy (non-hydrogen) atoms. The van der Waals surface area contributed by atoms with Crippen LogP contribution in [0.1, 0.15) is 18.7 Å². The van der Waals surface area contributed by atoms with E-state index in [9.17, 15) is 4.39 Å². The second kappa shape index (κ2) is 4.40. The lowest BCUT2D eigenvalue weighted by molar-refractivity contribution is 0.418. The summed E-state index contributed by atoms with van der Waals surface area (Å²) >= 11 is 0. The van der Waals surface area contributed by atoms with Crippen LogP contribution in [-0.2, 0) is 0 Å². The van der Waals surface area contributed by atoms with Gasteiger partial charge in [-0.15, -0.1) is 0 Å². The Hall–Kier alpha value is -1.75. The van der Waals surface area contributed by atoms with Gasteiger partial charge in [-0.1, -0.05) is 12.1 Å². The molecule has 1 aromatic heterocycles. The summed E-state index contributed by atoms with van der Waals surface area (Å²) in [5.74, 6) is 0.717. The zero-order valence-electron chi connectivity index (χ0n) is 8.85. The van der Waals surface area contributed by atoms with Gasteiger partial charge in [0.1, 0.15) is 5.82 Å². The Balaban J connectivity index is 2.28. The highest BCUT2D eigenvalue weighted by atomic mass is 19.1. The molecule has 2 N–H and O–H groups in total. The molecule has 0 aliphatic heterocycles. The van der Waals surface area contributed by atoms with Crippen molar-refractivity contribution in [2.75, 3.05) is 6.54 Å². The van der Waals surface area contributed by atoms with Gasteiger partial charge in [0.2, 0.25) is 0 Å². The fourth-order valence-corrected chi connectivity index (χ4v) is 1.25. The van der Waals surface area contributed by atoms with E-state index in [4.69, 9.17) is 10.3 Å². The monoisotopic (exact) mass is 221 g/mol. The fraction of sp³-hybridized carbons (Fsp3) is 0.273. The third kappa shape index (κ3) is 2.09. The minimum Gasteiger partial charge on any atom is -0.334 e. The molecule has 0 aliphatic carbocycles. The van der Waals surface area contributed by atoms with Gasteiger partial charge in [-0.05, 0) is 24.3 Å². The lowest BCUT2D eigenvalue weighted by atomic mass is 10.2. The predicted molar refractivity (Wildman–Crippen MR) is 57.2 cm³/mol. The highest BCUT2D eigenvalue weighted by Crippen LogP contribution is 2.19. The lowest BCUT2D eigenvalue weighted by Gasteiger charge is -1.98. The van der Waals surface area contributed by atoms with Crippen LogP contribution in [0.15, 0.2) is 28.8 Å². The number of nitrogens with zero attached hydrogens (tertiary/aromatic N) is 2. The van der Waals surface area contributed by atoms with Crippen LogP contribution in [0.5, 0.6) is 0 Å². The van der Waals surface area contributed by atoms with E-state index in [2.05, 4.69) is 10.1 Å². The second-order valence-electron chi connectivity index (χ2n) is 3.60. The minimum atomic E-state index is -0.293. The topological polar surface area (TPSA) is 64.9 Å². The molecule has 0 amide bonds. The summed E-state index contributed by atoms with van der Waals surface area (Å²) in [5.41, 5.74) is 6.20. The molecule has 1 heterocycles. The predicted octanol–water partition coefficient (Wildman–Crippen LogP) is 1.94. The van der Waals surface area contributed by atoms with Crippen LogP contribution in [-0.4, -0.2) is 16.7 Å². The molecular weight excluding hydrogens is 209 g/mol. The van der Waals surface area contributed by atoms with Crippen LogP contribution in [0.2, 0.25) is 0 Å². The first kappa shape index (κ1) is 10.8. The molecule has 4 nitrogen and oxygen atoms in total. The molecular formula is C11H12FN3O. The first-order valence-corrected chi connectivity index (χ1v) is 5.00. The van der Waals surface area contributed by atoms with E-state index >= 15 is 0 Å². The van der Waals surface area contributed by atoms with Crippen LogP contribution in [0.4, 0.5) is 4.39 Å². The normalized spacial score (nSPS) is 12.7. The van der Waals surface area contributed by atoms with Gasteiger partial charge in [0, 0.05) is 18.0 Å². The summed E-state index contributed by atoms with van der Waals surface area (Å²) in [6.07, 6.45) is 0. The van der Waals surface area contributed by atoms with Gasteiger partial charge in [0.25, 0.3) is 5.89 Å². The first-order chi connectivity index (χ1) is 7.70. The van der Waals surface area contributed by atoms with Gasteiger partial charge >= 0.3 is 0 Å². The molecule has 2 rings (SSSR count). The zero-order chi connectivity index (χ0) is 11.5. The van der Waals surface area contributed by atoms with Crippen molar-refractivity contribution in [1.29, 1.82) is 0 Å². The average molecular weight is 221 g/mol. The number of nitrogens with two attached hydrogens (primary N) is 1. The molecule has 5 heteroatoms. The quantitative estimate of drug-likeness (QED) is 0.860. The summed E-state index contributed by atoms with van der Waals surface area (Å²) in [7, 11) is 0. The van der Waals surface area contributed by atoms with Gasteiger partial charge in [-0.3, -0.25) is 0 Å². The van der Waals surface area contributed by atoms with Crippen molar-refractivity contribution in [3.63, 3.8) is 0 Å². The van der Waals surface area contributed by atoms with Crippen molar-refractivity contribution in [2.24, 2.45) is 5.73 Å². The van der Waals surface area contributed by atoms with E-state index in [1.807, 2.05) is 6.92 Å². The van der Waals surface area contributed by atoms with Gasteiger partial charge < -0.3 is 10.3 Å². The number of benzene rings is 1. The molecule has 1 aromatic carbocycles. The molecule has 0 radical (unpaired) electrons. The summed E-state index contributed by atoms with van der Waals surface area (Å²) in [4.78, 5) is 4.20. The van der Waals surface area contributed by atoms with Crippen LogP contribution in [0.3, 0.4) is 0 Å². The number of aromatic nitrogens is 2. The molecule has 0 saturated heterocycles. The smallest absolute Gasteiger partial charge is 0.257 e. The Bertz CT molecular complexity index is 466. The highest BCUT2D eigenvalue weighted by molar-refractivity contribution is 5.52. The Morgan fingerprint density at radius 1 is 1.38 bits per heavy atom. The number of halogens is 1. The summed E-state index contributed by atoms with van der Waals surface area (Å²) < 4.78 is 17.8. The van der Waals surface area contributed by atoms with Crippen LogP contribution >= 0.6 is 0 Å². The average Bonchev–Trinajstić information content (AvgIpc) is 2.78. The summed E-state index contributed by atoms with van der Waals surface area (Å²) in [5, 5.41) is 3.83. The van der Waals surface area contributed by atoms with E-state index in [1.165, 1.54) is 12.1 Å². The fourth-order valence-electron chi connectivity index (χ4n) is 1.25. The maximum Gasteiger partial charge on any atom is 0.257 e. The Morgan fingerprint density at radius 2 is 2.06 bits per heavy atom. The van der Waals surface area contributed by atoms with E-state index < -0.39 is 0 Å². The summed E-state index contributed by atoms with van der Waals surface area (Å²) in [6.45, 7) is 2.38. The largest absolute Gasteiger partial charge is 0.334 e. The van der Waals surface area contributed by atoms with Crippen molar-refractivity contribution in [1.82, 2.24) is 10.1 Å². The first-order valence-electron chi connectivity index (χ1n) is 5.00. The molecule has 0 spiro atoms. The third-order valence-corrected chi connectivity index (χ3v) is 2.33. The molecule has 1 unspecified atom stereocenters. The maximum atomic E-state index is 12.7. The van der Waals surface area contributed by atoms with Crippen molar-refractivity contribution in [3.8, 4) is 11.5 Å². The van der Waals surface area contributed by atoms with Crippen molar-refractivity contribution in [3.05, 3.63) is 35.9 Å². The Labute approximate surface area is 92.3 Å². The lowest BCUT2D eigenvalue weighted by Crippen LogP contribution is -2.10. The molecule has 1 atom stereocenters. The zero-order valence-corrected chi connectivity index (χ0v) is 8.85. The second-order valence-corrected chi connectivity index (χ2v) is 3.60. The standard InChI is InChI=1S/C11H12FN3O/c1-7(6-13)10-14-11(16-15-10)8-2-4-9(12)5-3-8/h2-5,7H,6,13H2,1H3. The number of rotatable bonds is 3. The summed E-state index contributed by atoms with van der Waals surface area (Å²) in [6, 6.07) is 5.90. The van der Waals surface area contributed by atoms with Crippen molar-refractivity contribution >= 4 is 0 Å². The number of hydrogen-bond donors (Lipinski definition) is 1. The van der Waals surface area contributed by atoms with E-state index in [1.54, 1.807) is 12.1 Å².